The van der Waals surface area contributed by atoms with Crippen LogP contribution in [0.25, 0.3) is 16.9 Å². The molecule has 0 amide bonds. The Balaban J connectivity index is 1.51. The van der Waals surface area contributed by atoms with E-state index in [2.05, 4.69) is 38.6 Å². The van der Waals surface area contributed by atoms with E-state index >= 15 is 0 Å². The van der Waals surface area contributed by atoms with Crippen molar-refractivity contribution >= 4 is 17.2 Å². The van der Waals surface area contributed by atoms with Crippen molar-refractivity contribution < 1.29 is 0 Å². The van der Waals surface area contributed by atoms with Crippen LogP contribution in [0.4, 0.5) is 11.5 Å². The molecule has 0 spiro atoms. The molecule has 0 radical (unpaired) electrons. The average molecular weight is 359 g/mol. The Hall–Kier alpha value is -3.19. The normalized spacial score (nSPS) is 16.4. The number of aryl methyl sites for hydroxylation is 2. The summed E-state index contributed by atoms with van der Waals surface area (Å²) in [5.74, 6) is 0.729. The van der Waals surface area contributed by atoms with Crippen LogP contribution < -0.4 is 11.1 Å². The molecule has 0 bridgehead atoms. The van der Waals surface area contributed by atoms with Gasteiger partial charge in [0.1, 0.15) is 0 Å². The van der Waals surface area contributed by atoms with E-state index in [4.69, 9.17) is 5.73 Å². The number of benzene rings is 1. The van der Waals surface area contributed by atoms with Gasteiger partial charge in [-0.15, -0.1) is 0 Å². The molecule has 3 aromatic heterocycles. The smallest absolute Gasteiger partial charge is 0.180 e. The lowest BCUT2D eigenvalue weighted by Gasteiger charge is -2.22. The Bertz CT molecular complexity index is 1120. The maximum absolute atomic E-state index is 6.13. The fourth-order valence-electron chi connectivity index (χ4n) is 3.77. The molecule has 4 aromatic rings. The van der Waals surface area contributed by atoms with E-state index in [0.717, 1.165) is 47.7 Å². The summed E-state index contributed by atoms with van der Waals surface area (Å²) in [6.07, 6.45) is 12.4. The largest absolute Gasteiger partial charge is 0.337 e. The maximum atomic E-state index is 6.13. The van der Waals surface area contributed by atoms with Gasteiger partial charge in [-0.05, 0) is 42.5 Å². The summed E-state index contributed by atoms with van der Waals surface area (Å²) >= 11 is 0. The number of nitrogens with two attached hydrogens (primary N) is 1. The molecular weight excluding hydrogens is 338 g/mol. The zero-order chi connectivity index (χ0) is 18.4. The van der Waals surface area contributed by atoms with Crippen LogP contribution in [0.5, 0.6) is 0 Å². The highest BCUT2D eigenvalue weighted by Gasteiger charge is 2.16. The first-order valence-electron chi connectivity index (χ1n) is 9.13. The molecule has 1 aliphatic rings. The van der Waals surface area contributed by atoms with Crippen LogP contribution in [0.15, 0.2) is 49.2 Å². The van der Waals surface area contributed by atoms with E-state index in [9.17, 15) is 0 Å². The number of hydrogen-bond donors (Lipinski definition) is 2. The topological polar surface area (TPSA) is 86.1 Å². The van der Waals surface area contributed by atoms with E-state index in [0.29, 0.717) is 0 Å². The second kappa shape index (κ2) is 6.21. The summed E-state index contributed by atoms with van der Waals surface area (Å²) < 4.78 is 3.81. The van der Waals surface area contributed by atoms with Gasteiger partial charge in [0.05, 0.1) is 18.1 Å². The molecule has 1 aliphatic carbocycles. The quantitative estimate of drug-likeness (QED) is 0.587. The standard InChI is InChI=1S/C20H21N7/c1-26-12-15(10-24-26)18-11-23-20-19(22-6-7-27(18)20)25-17-5-3-13-2-4-16(21)8-14(13)9-17/h3,5-7,9-12,16H,2,4,8,21H2,1H3,(H,22,25). The Morgan fingerprint density at radius 1 is 1.19 bits per heavy atom. The van der Waals surface area contributed by atoms with Crippen LogP contribution in [-0.2, 0) is 19.9 Å². The number of nitrogens with one attached hydrogen (secondary N) is 1. The molecule has 136 valence electrons. The Labute approximate surface area is 156 Å². The summed E-state index contributed by atoms with van der Waals surface area (Å²) in [5.41, 5.74) is 12.7. The second-order valence-corrected chi connectivity index (χ2v) is 7.13. The minimum Gasteiger partial charge on any atom is -0.337 e. The Kier molecular flexibility index (Phi) is 3.68. The lowest BCUT2D eigenvalue weighted by Crippen LogP contribution is -2.27. The molecule has 1 atom stereocenters. The average Bonchev–Trinajstić information content (AvgIpc) is 3.28. The van der Waals surface area contributed by atoms with E-state index < -0.39 is 0 Å². The molecule has 0 fully saturated rings. The predicted molar refractivity (Wildman–Crippen MR) is 105 cm³/mol. The van der Waals surface area contributed by atoms with Gasteiger partial charge in [0.2, 0.25) is 0 Å². The van der Waals surface area contributed by atoms with Crippen molar-refractivity contribution in [3.63, 3.8) is 0 Å². The molecule has 3 N–H and O–H groups in total. The number of aromatic nitrogens is 5. The summed E-state index contributed by atoms with van der Waals surface area (Å²) in [5, 5.41) is 7.68. The number of imidazole rings is 1. The SMILES string of the molecule is Cn1cc(-c2cnc3c(Nc4ccc5c(c4)CC(N)CC5)nccn23)cn1. The number of hydrogen-bond acceptors (Lipinski definition) is 5. The van der Waals surface area contributed by atoms with E-state index in [1.165, 1.54) is 11.1 Å². The van der Waals surface area contributed by atoms with Gasteiger partial charge in [0.15, 0.2) is 11.5 Å². The van der Waals surface area contributed by atoms with Gasteiger partial charge >= 0.3 is 0 Å². The first kappa shape index (κ1) is 16.0. The summed E-state index contributed by atoms with van der Waals surface area (Å²) in [4.78, 5) is 9.08. The molecule has 0 aliphatic heterocycles. The van der Waals surface area contributed by atoms with E-state index in [1.807, 2.05) is 36.2 Å². The summed E-state index contributed by atoms with van der Waals surface area (Å²) in [6, 6.07) is 6.73. The number of anilines is 2. The molecule has 7 heteroatoms. The number of rotatable bonds is 3. The molecule has 0 saturated heterocycles. The zero-order valence-electron chi connectivity index (χ0n) is 15.1. The van der Waals surface area contributed by atoms with Crippen LogP contribution in [0.2, 0.25) is 0 Å². The van der Waals surface area contributed by atoms with Crippen LogP contribution in [0.1, 0.15) is 17.5 Å². The van der Waals surface area contributed by atoms with Gasteiger partial charge in [-0.2, -0.15) is 5.10 Å². The molecule has 1 aromatic carbocycles. The molecule has 3 heterocycles. The van der Waals surface area contributed by atoms with Crippen molar-refractivity contribution in [2.24, 2.45) is 12.8 Å². The first-order chi connectivity index (χ1) is 13.2. The van der Waals surface area contributed by atoms with Crippen molar-refractivity contribution in [3.05, 3.63) is 60.3 Å². The van der Waals surface area contributed by atoms with Crippen LogP contribution in [0.3, 0.4) is 0 Å². The Morgan fingerprint density at radius 2 is 2.11 bits per heavy atom. The molecular formula is C20H21N7. The molecule has 0 saturated carbocycles. The van der Waals surface area contributed by atoms with Crippen molar-refractivity contribution in [1.82, 2.24) is 24.1 Å². The van der Waals surface area contributed by atoms with Crippen LogP contribution in [-0.4, -0.2) is 30.2 Å². The molecule has 1 unspecified atom stereocenters. The van der Waals surface area contributed by atoms with Gasteiger partial charge < -0.3 is 11.1 Å². The minimum atomic E-state index is 0.253. The van der Waals surface area contributed by atoms with Gasteiger partial charge in [-0.25, -0.2) is 9.97 Å². The minimum absolute atomic E-state index is 0.253. The fourth-order valence-corrected chi connectivity index (χ4v) is 3.77. The van der Waals surface area contributed by atoms with E-state index in [-0.39, 0.29) is 6.04 Å². The fraction of sp³-hybridized carbons (Fsp3) is 0.250. The first-order valence-corrected chi connectivity index (χ1v) is 9.13. The highest BCUT2D eigenvalue weighted by molar-refractivity contribution is 5.74. The lowest BCUT2D eigenvalue weighted by atomic mass is 9.88. The monoisotopic (exact) mass is 359 g/mol. The van der Waals surface area contributed by atoms with Crippen LogP contribution >= 0.6 is 0 Å². The van der Waals surface area contributed by atoms with Crippen LogP contribution in [0, 0.1) is 0 Å². The predicted octanol–water partition coefficient (Wildman–Crippen LogP) is 2.69. The maximum Gasteiger partial charge on any atom is 0.180 e. The van der Waals surface area contributed by atoms with Gasteiger partial charge in [-0.3, -0.25) is 9.08 Å². The number of nitrogens with zero attached hydrogens (tertiary/aromatic N) is 5. The molecule has 5 rings (SSSR count). The third kappa shape index (κ3) is 2.86. The summed E-state index contributed by atoms with van der Waals surface area (Å²) in [7, 11) is 1.91. The van der Waals surface area contributed by atoms with E-state index in [1.54, 1.807) is 10.9 Å². The van der Waals surface area contributed by atoms with Crippen molar-refractivity contribution in [3.8, 4) is 11.3 Å². The lowest BCUT2D eigenvalue weighted by molar-refractivity contribution is 0.577. The zero-order valence-corrected chi connectivity index (χ0v) is 15.1. The number of fused-ring (bicyclic) bond motifs is 2. The third-order valence-electron chi connectivity index (χ3n) is 5.16. The highest BCUT2D eigenvalue weighted by atomic mass is 15.2. The van der Waals surface area contributed by atoms with Gasteiger partial charge in [0, 0.05) is 42.9 Å². The van der Waals surface area contributed by atoms with Gasteiger partial charge in [0.25, 0.3) is 0 Å². The molecule has 7 nitrogen and oxygen atoms in total. The van der Waals surface area contributed by atoms with Crippen molar-refractivity contribution in [2.75, 3.05) is 5.32 Å². The van der Waals surface area contributed by atoms with Crippen molar-refractivity contribution in [1.29, 1.82) is 0 Å². The second-order valence-electron chi connectivity index (χ2n) is 7.13. The van der Waals surface area contributed by atoms with Crippen molar-refractivity contribution in [2.45, 2.75) is 25.3 Å². The summed E-state index contributed by atoms with van der Waals surface area (Å²) in [6.45, 7) is 0. The molecule has 27 heavy (non-hydrogen) atoms. The Morgan fingerprint density at radius 3 is 2.96 bits per heavy atom. The third-order valence-corrected chi connectivity index (χ3v) is 5.16. The highest BCUT2D eigenvalue weighted by Crippen LogP contribution is 2.28. The van der Waals surface area contributed by atoms with Gasteiger partial charge in [-0.1, -0.05) is 6.07 Å².